The number of nitrogens with one attached hydrogen (secondary N) is 3. The van der Waals surface area contributed by atoms with Crippen molar-refractivity contribution >= 4 is 22.8 Å². The average Bonchev–Trinajstić information content (AvgIpc) is 3.27. The van der Waals surface area contributed by atoms with Crippen molar-refractivity contribution in [1.29, 1.82) is 0 Å². The molecular weight excluding hydrogens is 477 g/mol. The van der Waals surface area contributed by atoms with Crippen LogP contribution in [0.4, 0.5) is 27.8 Å². The van der Waals surface area contributed by atoms with Gasteiger partial charge in [0.05, 0.1) is 29.6 Å². The zero-order valence-corrected chi connectivity index (χ0v) is 18.0. The van der Waals surface area contributed by atoms with Gasteiger partial charge in [-0.1, -0.05) is 0 Å². The van der Waals surface area contributed by atoms with Crippen molar-refractivity contribution in [3.8, 4) is 0 Å². The topological polar surface area (TPSA) is 119 Å². The monoisotopic (exact) mass is 497 g/mol. The van der Waals surface area contributed by atoms with Crippen molar-refractivity contribution in [3.63, 3.8) is 0 Å². The quantitative estimate of drug-likeness (QED) is 0.385. The third kappa shape index (κ3) is 4.62. The van der Waals surface area contributed by atoms with Crippen molar-refractivity contribution in [2.75, 3.05) is 25.0 Å². The van der Waals surface area contributed by atoms with E-state index in [4.69, 9.17) is 0 Å². The van der Waals surface area contributed by atoms with Gasteiger partial charge in [0, 0.05) is 18.7 Å². The molecule has 2 aliphatic rings. The number of anilines is 1. The Labute approximate surface area is 194 Å². The standard InChI is InChI=1S/C21H20F5N7O2/c22-10-1-2-12(23)11(5-10)20(3-4-20)30-19(35)16-15-17(27-9-28-18(15)32-31-16)29-13-6-33(7-14(13)34)8-21(24,25)26/h1-2,5,9,13-14,34H,3-4,6-8H2,(H,30,35)(H2,27,28,29,31,32)/t13-,14-/m1/s1. The van der Waals surface area contributed by atoms with Crippen molar-refractivity contribution in [3.05, 3.63) is 47.4 Å². The van der Waals surface area contributed by atoms with Crippen LogP contribution in [0.2, 0.25) is 0 Å². The van der Waals surface area contributed by atoms with Crippen LogP contribution in [0.5, 0.6) is 0 Å². The molecule has 1 aliphatic carbocycles. The van der Waals surface area contributed by atoms with Gasteiger partial charge in [-0.25, -0.2) is 18.7 Å². The average molecular weight is 497 g/mol. The van der Waals surface area contributed by atoms with Crippen molar-refractivity contribution in [1.82, 2.24) is 30.4 Å². The lowest BCUT2D eigenvalue weighted by molar-refractivity contribution is -0.144. The first-order valence-corrected chi connectivity index (χ1v) is 10.8. The summed E-state index contributed by atoms with van der Waals surface area (Å²) in [6, 6.07) is 2.22. The summed E-state index contributed by atoms with van der Waals surface area (Å²) in [5.41, 5.74) is -1.02. The van der Waals surface area contributed by atoms with Gasteiger partial charge in [0.1, 0.15) is 23.8 Å². The first kappa shape index (κ1) is 23.4. The fourth-order valence-electron chi connectivity index (χ4n) is 4.43. The summed E-state index contributed by atoms with van der Waals surface area (Å²) in [6.07, 6.45) is -3.56. The number of aliphatic hydroxyl groups is 1. The number of H-pyrrole nitrogens is 1. The molecule has 1 saturated carbocycles. The highest BCUT2D eigenvalue weighted by molar-refractivity contribution is 6.08. The second-order valence-electron chi connectivity index (χ2n) is 8.81. The molecule has 9 nitrogen and oxygen atoms in total. The van der Waals surface area contributed by atoms with Gasteiger partial charge in [-0.05, 0) is 31.0 Å². The number of carbonyl (C=O) groups is 1. The predicted octanol–water partition coefficient (Wildman–Crippen LogP) is 2.07. The molecule has 1 amide bonds. The Kier molecular flexibility index (Phi) is 5.59. The summed E-state index contributed by atoms with van der Waals surface area (Å²) >= 11 is 0. The number of likely N-dealkylation sites (tertiary alicyclic amines) is 1. The molecular formula is C21H20F5N7O2. The lowest BCUT2D eigenvalue weighted by atomic mass is 10.0. The molecule has 3 heterocycles. The number of aromatic nitrogens is 4. The Bertz CT molecular complexity index is 1280. The zero-order valence-electron chi connectivity index (χ0n) is 18.0. The number of nitrogens with zero attached hydrogens (tertiary/aromatic N) is 4. The van der Waals surface area contributed by atoms with Crippen LogP contribution in [-0.2, 0) is 5.54 Å². The molecule has 0 unspecified atom stereocenters. The number of β-amino-alcohol motifs (C(OH)–C–C–N with tert-alkyl or cyclic N) is 1. The Morgan fingerprint density at radius 2 is 2.00 bits per heavy atom. The van der Waals surface area contributed by atoms with E-state index >= 15 is 0 Å². The molecule has 4 N–H and O–H groups in total. The molecule has 1 aliphatic heterocycles. The minimum Gasteiger partial charge on any atom is -0.390 e. The van der Waals surface area contributed by atoms with Crippen LogP contribution in [0.15, 0.2) is 24.5 Å². The van der Waals surface area contributed by atoms with Gasteiger partial charge < -0.3 is 15.7 Å². The molecule has 3 aromatic rings. The first-order chi connectivity index (χ1) is 16.5. The Balaban J connectivity index is 1.39. The van der Waals surface area contributed by atoms with E-state index in [-0.39, 0.29) is 41.2 Å². The number of fused-ring (bicyclic) bond motifs is 1. The summed E-state index contributed by atoms with van der Waals surface area (Å²) in [5.74, 6) is -1.89. The number of alkyl halides is 3. The fourth-order valence-corrected chi connectivity index (χ4v) is 4.43. The van der Waals surface area contributed by atoms with Crippen LogP contribution in [0.25, 0.3) is 11.0 Å². The summed E-state index contributed by atoms with van der Waals surface area (Å²) in [4.78, 5) is 22.3. The van der Waals surface area contributed by atoms with Crippen LogP contribution in [-0.4, -0.2) is 74.0 Å². The molecule has 2 atom stereocenters. The second-order valence-corrected chi connectivity index (χ2v) is 8.81. The molecule has 1 saturated heterocycles. The Morgan fingerprint density at radius 1 is 1.23 bits per heavy atom. The van der Waals surface area contributed by atoms with Gasteiger partial charge in [0.2, 0.25) is 0 Å². The largest absolute Gasteiger partial charge is 0.401 e. The van der Waals surface area contributed by atoms with Gasteiger partial charge in [-0.3, -0.25) is 14.8 Å². The van der Waals surface area contributed by atoms with Crippen molar-refractivity contribution in [2.24, 2.45) is 0 Å². The molecule has 5 rings (SSSR count). The van der Waals surface area contributed by atoms with Gasteiger partial charge in [0.25, 0.3) is 5.91 Å². The lowest BCUT2D eigenvalue weighted by Gasteiger charge is -2.19. The molecule has 35 heavy (non-hydrogen) atoms. The van der Waals surface area contributed by atoms with Crippen LogP contribution >= 0.6 is 0 Å². The SMILES string of the molecule is O=C(NC1(c2cc(F)ccc2F)CC1)c1n[nH]c2ncnc(N[C@@H]3CN(CC(F)(F)F)C[C@H]3O)c12. The lowest BCUT2D eigenvalue weighted by Crippen LogP contribution is -2.36. The van der Waals surface area contributed by atoms with E-state index in [0.29, 0.717) is 12.8 Å². The Hall–Kier alpha value is -3.39. The second kappa shape index (κ2) is 8.37. The number of aromatic amines is 1. The van der Waals surface area contributed by atoms with Crippen molar-refractivity contribution < 1.29 is 31.9 Å². The minimum absolute atomic E-state index is 0.0270. The van der Waals surface area contributed by atoms with Crippen LogP contribution in [0.3, 0.4) is 0 Å². The number of aliphatic hydroxyl groups excluding tert-OH is 1. The normalized spacial score (nSPS) is 21.9. The van der Waals surface area contributed by atoms with Gasteiger partial charge >= 0.3 is 6.18 Å². The number of benzene rings is 1. The molecule has 0 bridgehead atoms. The molecule has 0 radical (unpaired) electrons. The van der Waals surface area contributed by atoms with Gasteiger partial charge in [0.15, 0.2) is 11.3 Å². The van der Waals surface area contributed by atoms with Gasteiger partial charge in [-0.15, -0.1) is 0 Å². The highest BCUT2D eigenvalue weighted by Crippen LogP contribution is 2.47. The number of carbonyl (C=O) groups excluding carboxylic acids is 1. The highest BCUT2D eigenvalue weighted by atomic mass is 19.4. The summed E-state index contributed by atoms with van der Waals surface area (Å²) < 4.78 is 66.3. The summed E-state index contributed by atoms with van der Waals surface area (Å²) in [7, 11) is 0. The maximum absolute atomic E-state index is 14.3. The molecule has 0 spiro atoms. The zero-order chi connectivity index (χ0) is 25.0. The number of halogens is 5. The Morgan fingerprint density at radius 3 is 2.71 bits per heavy atom. The van der Waals surface area contributed by atoms with Crippen molar-refractivity contribution in [2.45, 2.75) is 36.7 Å². The predicted molar refractivity (Wildman–Crippen MR) is 112 cm³/mol. The van der Waals surface area contributed by atoms with E-state index in [1.54, 1.807) is 0 Å². The maximum Gasteiger partial charge on any atom is 0.401 e. The third-order valence-corrected chi connectivity index (χ3v) is 6.21. The number of amides is 1. The van der Waals surface area contributed by atoms with E-state index in [1.807, 2.05) is 0 Å². The van der Waals surface area contributed by atoms with E-state index in [1.165, 1.54) is 6.33 Å². The minimum atomic E-state index is -4.41. The van der Waals surface area contributed by atoms with E-state index in [9.17, 15) is 31.9 Å². The summed E-state index contributed by atoms with van der Waals surface area (Å²) in [6.45, 7) is -1.46. The first-order valence-electron chi connectivity index (χ1n) is 10.8. The number of hydrogen-bond donors (Lipinski definition) is 4. The van der Waals surface area contributed by atoms with E-state index in [0.717, 1.165) is 23.1 Å². The van der Waals surface area contributed by atoms with Gasteiger partial charge in [-0.2, -0.15) is 18.3 Å². The van der Waals surface area contributed by atoms with E-state index in [2.05, 4.69) is 30.8 Å². The third-order valence-electron chi connectivity index (χ3n) is 6.21. The fraction of sp³-hybridized carbons (Fsp3) is 0.429. The molecule has 186 valence electrons. The summed E-state index contributed by atoms with van der Waals surface area (Å²) in [5, 5.41) is 22.6. The number of rotatable bonds is 6. The number of hydrogen-bond acceptors (Lipinski definition) is 7. The van der Waals surface area contributed by atoms with E-state index < -0.39 is 47.9 Å². The van der Waals surface area contributed by atoms with Crippen LogP contribution < -0.4 is 10.6 Å². The molecule has 2 fully saturated rings. The molecule has 2 aromatic heterocycles. The maximum atomic E-state index is 14.3. The highest BCUT2D eigenvalue weighted by Gasteiger charge is 2.48. The smallest absolute Gasteiger partial charge is 0.390 e. The molecule has 1 aromatic carbocycles. The van der Waals surface area contributed by atoms with Crippen LogP contribution in [0.1, 0.15) is 28.9 Å². The molecule has 14 heteroatoms. The van der Waals surface area contributed by atoms with Crippen LogP contribution in [0, 0.1) is 11.6 Å².